The second-order valence-corrected chi connectivity index (χ2v) is 5.91. The molecule has 0 unspecified atom stereocenters. The highest BCUT2D eigenvalue weighted by atomic mass is 16.5. The summed E-state index contributed by atoms with van der Waals surface area (Å²) in [5, 5.41) is 3.35. The molecule has 0 amide bonds. The fraction of sp³-hybridized carbons (Fsp3) is 0.500. The van der Waals surface area contributed by atoms with Crippen molar-refractivity contribution in [2.75, 3.05) is 54.5 Å². The number of nitrogens with one attached hydrogen (secondary N) is 1. The molecule has 7 heteroatoms. The zero-order valence-electron chi connectivity index (χ0n) is 15.0. The number of hydrogen-bond donors (Lipinski definition) is 1. The number of aromatic nitrogens is 3. The summed E-state index contributed by atoms with van der Waals surface area (Å²) in [6.45, 7) is 10.1. The van der Waals surface area contributed by atoms with Gasteiger partial charge >= 0.3 is 0 Å². The number of nitrogens with zero attached hydrogens (tertiary/aromatic N) is 5. The molecule has 0 saturated carbocycles. The van der Waals surface area contributed by atoms with Crippen LogP contribution >= 0.6 is 0 Å². The molecule has 3 heterocycles. The summed E-state index contributed by atoms with van der Waals surface area (Å²) >= 11 is 0. The molecule has 0 spiro atoms. The predicted octanol–water partition coefficient (Wildman–Crippen LogP) is 2.17. The maximum atomic E-state index is 5.39. The van der Waals surface area contributed by atoms with Gasteiger partial charge in [0.25, 0.3) is 0 Å². The van der Waals surface area contributed by atoms with Gasteiger partial charge in [-0.3, -0.25) is 0 Å². The summed E-state index contributed by atoms with van der Waals surface area (Å²) in [5.74, 6) is 2.78. The zero-order chi connectivity index (χ0) is 17.5. The van der Waals surface area contributed by atoms with E-state index in [0.717, 1.165) is 62.4 Å². The van der Waals surface area contributed by atoms with Crippen molar-refractivity contribution in [2.24, 2.45) is 0 Å². The van der Waals surface area contributed by atoms with Crippen molar-refractivity contribution in [1.82, 2.24) is 15.0 Å². The lowest BCUT2D eigenvalue weighted by Crippen LogP contribution is -2.36. The molecule has 1 aliphatic heterocycles. The predicted molar refractivity (Wildman–Crippen MR) is 100 cm³/mol. The smallest absolute Gasteiger partial charge is 0.134 e. The van der Waals surface area contributed by atoms with Crippen LogP contribution in [0.2, 0.25) is 0 Å². The highest BCUT2D eigenvalue weighted by Crippen LogP contribution is 2.16. The topological polar surface area (TPSA) is 66.4 Å². The van der Waals surface area contributed by atoms with Gasteiger partial charge in [-0.25, -0.2) is 15.0 Å². The Morgan fingerprint density at radius 3 is 2.60 bits per heavy atom. The first-order chi connectivity index (χ1) is 12.3. The van der Waals surface area contributed by atoms with Gasteiger partial charge in [0.1, 0.15) is 23.8 Å². The maximum Gasteiger partial charge on any atom is 0.134 e. The SMILES string of the molecule is CCN(CC)c1ccc(CNc2cc(N3CCOCC3)ncn2)cn1. The molecular weight excluding hydrogens is 316 g/mol. The van der Waals surface area contributed by atoms with Crippen LogP contribution in [0.25, 0.3) is 0 Å². The van der Waals surface area contributed by atoms with E-state index in [1.807, 2.05) is 12.3 Å². The number of morpholine rings is 1. The molecule has 7 nitrogen and oxygen atoms in total. The molecule has 2 aromatic rings. The fourth-order valence-electron chi connectivity index (χ4n) is 2.86. The molecule has 134 valence electrons. The normalized spacial score (nSPS) is 14.4. The van der Waals surface area contributed by atoms with Crippen molar-refractivity contribution in [2.45, 2.75) is 20.4 Å². The summed E-state index contributed by atoms with van der Waals surface area (Å²) < 4.78 is 5.39. The van der Waals surface area contributed by atoms with Crippen LogP contribution in [0.3, 0.4) is 0 Å². The van der Waals surface area contributed by atoms with Crippen molar-refractivity contribution < 1.29 is 4.74 Å². The molecule has 3 rings (SSSR count). The van der Waals surface area contributed by atoms with Gasteiger partial charge in [-0.2, -0.15) is 0 Å². The van der Waals surface area contributed by atoms with E-state index in [1.54, 1.807) is 6.33 Å². The second-order valence-electron chi connectivity index (χ2n) is 5.91. The lowest BCUT2D eigenvalue weighted by Gasteiger charge is -2.27. The Hall–Kier alpha value is -2.41. The van der Waals surface area contributed by atoms with E-state index in [0.29, 0.717) is 6.54 Å². The van der Waals surface area contributed by atoms with Gasteiger partial charge in [-0.15, -0.1) is 0 Å². The van der Waals surface area contributed by atoms with Crippen molar-refractivity contribution in [3.05, 3.63) is 36.3 Å². The standard InChI is InChI=1S/C18H26N6O/c1-3-23(4-2)17-6-5-15(13-20-17)12-19-16-11-18(22-14-21-16)24-7-9-25-10-8-24/h5-6,11,13-14H,3-4,7-10,12H2,1-2H3,(H,19,21,22). The lowest BCUT2D eigenvalue weighted by atomic mass is 10.2. The van der Waals surface area contributed by atoms with Gasteiger partial charge in [0, 0.05) is 45.0 Å². The molecule has 25 heavy (non-hydrogen) atoms. The van der Waals surface area contributed by atoms with Gasteiger partial charge < -0.3 is 19.9 Å². The Morgan fingerprint density at radius 2 is 1.92 bits per heavy atom. The lowest BCUT2D eigenvalue weighted by molar-refractivity contribution is 0.122. The third-order valence-electron chi connectivity index (χ3n) is 4.36. The van der Waals surface area contributed by atoms with E-state index in [-0.39, 0.29) is 0 Å². The van der Waals surface area contributed by atoms with E-state index in [1.165, 1.54) is 0 Å². The number of pyridine rings is 1. The summed E-state index contributed by atoms with van der Waals surface area (Å²) in [6, 6.07) is 6.17. The van der Waals surface area contributed by atoms with Crippen LogP contribution in [0.5, 0.6) is 0 Å². The molecule has 1 saturated heterocycles. The molecule has 1 fully saturated rings. The third-order valence-corrected chi connectivity index (χ3v) is 4.36. The van der Waals surface area contributed by atoms with E-state index in [2.05, 4.69) is 56.0 Å². The van der Waals surface area contributed by atoms with Gasteiger partial charge in [0.05, 0.1) is 13.2 Å². The van der Waals surface area contributed by atoms with Crippen LogP contribution < -0.4 is 15.1 Å². The molecule has 2 aromatic heterocycles. The van der Waals surface area contributed by atoms with Crippen LogP contribution in [0.1, 0.15) is 19.4 Å². The molecule has 0 bridgehead atoms. The average Bonchev–Trinajstić information content (AvgIpc) is 2.69. The minimum atomic E-state index is 0.686. The van der Waals surface area contributed by atoms with Gasteiger partial charge in [0.15, 0.2) is 0 Å². The summed E-state index contributed by atoms with van der Waals surface area (Å²) in [5.41, 5.74) is 1.13. The van der Waals surface area contributed by atoms with E-state index in [9.17, 15) is 0 Å². The number of ether oxygens (including phenoxy) is 1. The molecule has 0 aromatic carbocycles. The summed E-state index contributed by atoms with van der Waals surface area (Å²) in [7, 11) is 0. The third kappa shape index (κ3) is 4.57. The maximum absolute atomic E-state index is 5.39. The number of rotatable bonds is 7. The van der Waals surface area contributed by atoms with Crippen molar-refractivity contribution >= 4 is 17.5 Å². The Labute approximate surface area is 149 Å². The van der Waals surface area contributed by atoms with Gasteiger partial charge in [-0.05, 0) is 25.5 Å². The van der Waals surface area contributed by atoms with Crippen LogP contribution in [-0.2, 0) is 11.3 Å². The highest BCUT2D eigenvalue weighted by Gasteiger charge is 2.13. The van der Waals surface area contributed by atoms with Crippen LogP contribution in [0, 0.1) is 0 Å². The molecule has 1 aliphatic rings. The molecule has 0 atom stereocenters. The van der Waals surface area contributed by atoms with Crippen LogP contribution in [-0.4, -0.2) is 54.3 Å². The van der Waals surface area contributed by atoms with Crippen LogP contribution in [0.4, 0.5) is 17.5 Å². The van der Waals surface area contributed by atoms with E-state index in [4.69, 9.17) is 4.74 Å². The second kappa shape index (κ2) is 8.62. The Bertz CT molecular complexity index is 653. The van der Waals surface area contributed by atoms with Gasteiger partial charge in [-0.1, -0.05) is 6.07 Å². The van der Waals surface area contributed by atoms with Gasteiger partial charge in [0.2, 0.25) is 0 Å². The molecule has 0 radical (unpaired) electrons. The molecule has 1 N–H and O–H groups in total. The number of anilines is 3. The minimum Gasteiger partial charge on any atom is -0.378 e. The van der Waals surface area contributed by atoms with E-state index >= 15 is 0 Å². The van der Waals surface area contributed by atoms with E-state index < -0.39 is 0 Å². The molecular formula is C18H26N6O. The zero-order valence-corrected chi connectivity index (χ0v) is 15.0. The first-order valence-corrected chi connectivity index (χ1v) is 8.88. The largest absolute Gasteiger partial charge is 0.378 e. The van der Waals surface area contributed by atoms with Crippen molar-refractivity contribution in [3.8, 4) is 0 Å². The summed E-state index contributed by atoms with van der Waals surface area (Å²) in [4.78, 5) is 17.7. The first-order valence-electron chi connectivity index (χ1n) is 8.88. The Morgan fingerprint density at radius 1 is 1.12 bits per heavy atom. The Balaban J connectivity index is 1.59. The molecule has 0 aliphatic carbocycles. The Kier molecular flexibility index (Phi) is 6.00. The fourth-order valence-corrected chi connectivity index (χ4v) is 2.86. The quantitative estimate of drug-likeness (QED) is 0.827. The van der Waals surface area contributed by atoms with Crippen molar-refractivity contribution in [1.29, 1.82) is 0 Å². The average molecular weight is 342 g/mol. The number of hydrogen-bond acceptors (Lipinski definition) is 7. The monoisotopic (exact) mass is 342 g/mol. The summed E-state index contributed by atoms with van der Waals surface area (Å²) in [6.07, 6.45) is 3.53. The van der Waals surface area contributed by atoms with Crippen LogP contribution in [0.15, 0.2) is 30.7 Å². The minimum absolute atomic E-state index is 0.686. The highest BCUT2D eigenvalue weighted by molar-refractivity contribution is 5.49. The van der Waals surface area contributed by atoms with Crippen molar-refractivity contribution in [3.63, 3.8) is 0 Å². The first kappa shape index (κ1) is 17.4.